The molecule has 98 valence electrons. The summed E-state index contributed by atoms with van der Waals surface area (Å²) in [5.74, 6) is -0.247. The Bertz CT molecular complexity index is 616. The molecule has 5 heteroatoms. The topological polar surface area (TPSA) is 29.1 Å². The van der Waals surface area contributed by atoms with Gasteiger partial charge in [0.1, 0.15) is 0 Å². The first kappa shape index (κ1) is 14.4. The van der Waals surface area contributed by atoms with Crippen molar-refractivity contribution in [2.75, 3.05) is 0 Å². The van der Waals surface area contributed by atoms with Crippen LogP contribution in [-0.4, -0.2) is 5.91 Å². The van der Waals surface area contributed by atoms with Gasteiger partial charge < -0.3 is 5.32 Å². The molecule has 2 aromatic rings. The van der Waals surface area contributed by atoms with E-state index in [1.807, 2.05) is 24.3 Å². The molecule has 2 rings (SSSR count). The van der Waals surface area contributed by atoms with Gasteiger partial charge in [-0.05, 0) is 23.8 Å². The molecule has 0 saturated heterocycles. The van der Waals surface area contributed by atoms with Gasteiger partial charge in [0.2, 0.25) is 0 Å². The number of hydrogen-bond acceptors (Lipinski definition) is 1. The van der Waals surface area contributed by atoms with Gasteiger partial charge in [0, 0.05) is 11.0 Å². The van der Waals surface area contributed by atoms with E-state index < -0.39 is 0 Å². The van der Waals surface area contributed by atoms with Crippen molar-refractivity contribution in [2.24, 2.45) is 0 Å². The summed E-state index contributed by atoms with van der Waals surface area (Å²) in [6, 6.07) is 12.7. The van der Waals surface area contributed by atoms with Crippen molar-refractivity contribution in [1.29, 1.82) is 0 Å². The SMILES string of the molecule is O=C(NCc1ccccc1Br)c1cccc(Cl)c1Cl. The van der Waals surface area contributed by atoms with Crippen LogP contribution >= 0.6 is 39.1 Å². The van der Waals surface area contributed by atoms with Crippen molar-refractivity contribution >= 4 is 45.0 Å². The fourth-order valence-electron chi connectivity index (χ4n) is 1.59. The number of hydrogen-bond donors (Lipinski definition) is 1. The van der Waals surface area contributed by atoms with Gasteiger partial charge >= 0.3 is 0 Å². The minimum Gasteiger partial charge on any atom is -0.348 e. The summed E-state index contributed by atoms with van der Waals surface area (Å²) in [7, 11) is 0. The summed E-state index contributed by atoms with van der Waals surface area (Å²) >= 11 is 15.3. The third kappa shape index (κ3) is 3.50. The van der Waals surface area contributed by atoms with Crippen molar-refractivity contribution in [3.05, 3.63) is 68.1 Å². The molecule has 0 fully saturated rings. The number of amides is 1. The largest absolute Gasteiger partial charge is 0.348 e. The Morgan fingerprint density at radius 1 is 1.11 bits per heavy atom. The van der Waals surface area contributed by atoms with Gasteiger partial charge in [0.05, 0.1) is 15.6 Å². The van der Waals surface area contributed by atoms with E-state index in [2.05, 4.69) is 21.2 Å². The molecule has 0 atom stereocenters. The van der Waals surface area contributed by atoms with E-state index in [0.29, 0.717) is 17.1 Å². The van der Waals surface area contributed by atoms with Crippen molar-refractivity contribution < 1.29 is 4.79 Å². The minimum absolute atomic E-state index is 0.247. The van der Waals surface area contributed by atoms with Crippen molar-refractivity contribution in [3.8, 4) is 0 Å². The van der Waals surface area contributed by atoms with E-state index in [4.69, 9.17) is 23.2 Å². The molecule has 0 heterocycles. The van der Waals surface area contributed by atoms with Gasteiger partial charge in [-0.25, -0.2) is 0 Å². The molecule has 0 spiro atoms. The molecule has 0 radical (unpaired) electrons. The maximum atomic E-state index is 12.0. The lowest BCUT2D eigenvalue weighted by Gasteiger charge is -2.08. The summed E-state index contributed by atoms with van der Waals surface area (Å²) in [4.78, 5) is 12.0. The quantitative estimate of drug-likeness (QED) is 0.847. The van der Waals surface area contributed by atoms with Gasteiger partial charge in [-0.1, -0.05) is 63.4 Å². The van der Waals surface area contributed by atoms with Gasteiger partial charge in [-0.2, -0.15) is 0 Å². The second-order valence-electron chi connectivity index (χ2n) is 3.88. The normalized spacial score (nSPS) is 10.3. The van der Waals surface area contributed by atoms with E-state index in [1.165, 1.54) is 0 Å². The van der Waals surface area contributed by atoms with E-state index in [-0.39, 0.29) is 10.9 Å². The predicted molar refractivity (Wildman–Crippen MR) is 81.8 cm³/mol. The van der Waals surface area contributed by atoms with E-state index in [0.717, 1.165) is 10.0 Å². The predicted octanol–water partition coefficient (Wildman–Crippen LogP) is 4.69. The van der Waals surface area contributed by atoms with Crippen LogP contribution in [0.1, 0.15) is 15.9 Å². The number of benzene rings is 2. The number of carbonyl (C=O) groups is 1. The lowest BCUT2D eigenvalue weighted by Crippen LogP contribution is -2.23. The van der Waals surface area contributed by atoms with Crippen LogP contribution in [0, 0.1) is 0 Å². The zero-order valence-corrected chi connectivity index (χ0v) is 12.9. The molecule has 0 bridgehead atoms. The summed E-state index contributed by atoms with van der Waals surface area (Å²) in [6.45, 7) is 0.420. The molecule has 0 aliphatic heterocycles. The Balaban J connectivity index is 2.10. The first-order chi connectivity index (χ1) is 9.09. The smallest absolute Gasteiger partial charge is 0.253 e. The Morgan fingerprint density at radius 3 is 2.58 bits per heavy atom. The Kier molecular flexibility index (Phi) is 4.86. The third-order valence-electron chi connectivity index (χ3n) is 2.59. The zero-order chi connectivity index (χ0) is 13.8. The highest BCUT2D eigenvalue weighted by Crippen LogP contribution is 2.25. The third-order valence-corrected chi connectivity index (χ3v) is 4.19. The van der Waals surface area contributed by atoms with Crippen LogP contribution in [0.2, 0.25) is 10.0 Å². The van der Waals surface area contributed by atoms with Crippen LogP contribution in [-0.2, 0) is 6.54 Å². The molecular formula is C14H10BrCl2NO. The molecule has 0 saturated carbocycles. The van der Waals surface area contributed by atoms with E-state index in [1.54, 1.807) is 18.2 Å². The van der Waals surface area contributed by atoms with Gasteiger partial charge in [0.15, 0.2) is 0 Å². The fraction of sp³-hybridized carbons (Fsp3) is 0.0714. The summed E-state index contributed by atoms with van der Waals surface area (Å²) in [5, 5.41) is 3.45. The standard InChI is InChI=1S/C14H10BrCl2NO/c15-11-6-2-1-4-9(11)8-18-14(19)10-5-3-7-12(16)13(10)17/h1-7H,8H2,(H,18,19). The number of rotatable bonds is 3. The average Bonchev–Trinajstić information content (AvgIpc) is 2.40. The lowest BCUT2D eigenvalue weighted by molar-refractivity contribution is 0.0951. The lowest BCUT2D eigenvalue weighted by atomic mass is 10.2. The van der Waals surface area contributed by atoms with Gasteiger partial charge in [-0.15, -0.1) is 0 Å². The Labute approximate surface area is 129 Å². The zero-order valence-electron chi connectivity index (χ0n) is 9.79. The number of halogens is 3. The maximum absolute atomic E-state index is 12.0. The molecule has 0 aromatic heterocycles. The average molecular weight is 359 g/mol. The molecule has 2 nitrogen and oxygen atoms in total. The Hall–Kier alpha value is -1.03. The van der Waals surface area contributed by atoms with Crippen molar-refractivity contribution in [1.82, 2.24) is 5.32 Å². The molecule has 1 amide bonds. The second kappa shape index (κ2) is 6.42. The van der Waals surface area contributed by atoms with E-state index >= 15 is 0 Å². The van der Waals surface area contributed by atoms with Crippen molar-refractivity contribution in [2.45, 2.75) is 6.54 Å². The summed E-state index contributed by atoms with van der Waals surface area (Å²) < 4.78 is 0.951. The first-order valence-corrected chi connectivity index (χ1v) is 7.10. The van der Waals surface area contributed by atoms with E-state index in [9.17, 15) is 4.79 Å². The monoisotopic (exact) mass is 357 g/mol. The van der Waals surface area contributed by atoms with Crippen LogP contribution < -0.4 is 5.32 Å². The van der Waals surface area contributed by atoms with Crippen molar-refractivity contribution in [3.63, 3.8) is 0 Å². The van der Waals surface area contributed by atoms with Crippen LogP contribution in [0.4, 0.5) is 0 Å². The highest BCUT2D eigenvalue weighted by molar-refractivity contribution is 9.10. The first-order valence-electron chi connectivity index (χ1n) is 5.55. The maximum Gasteiger partial charge on any atom is 0.253 e. The molecule has 2 aromatic carbocycles. The Morgan fingerprint density at radius 2 is 1.84 bits per heavy atom. The number of nitrogens with one attached hydrogen (secondary N) is 1. The van der Waals surface area contributed by atoms with Gasteiger partial charge in [0.25, 0.3) is 5.91 Å². The van der Waals surface area contributed by atoms with Crippen LogP contribution in [0.5, 0.6) is 0 Å². The molecule has 0 aliphatic carbocycles. The minimum atomic E-state index is -0.247. The molecule has 1 N–H and O–H groups in total. The summed E-state index contributed by atoms with van der Waals surface area (Å²) in [6.07, 6.45) is 0. The fourth-order valence-corrected chi connectivity index (χ4v) is 2.40. The number of carbonyl (C=O) groups excluding carboxylic acids is 1. The highest BCUT2D eigenvalue weighted by atomic mass is 79.9. The molecule has 19 heavy (non-hydrogen) atoms. The summed E-state index contributed by atoms with van der Waals surface area (Å²) in [5.41, 5.74) is 1.37. The molecule has 0 aliphatic rings. The molecular weight excluding hydrogens is 349 g/mol. The molecule has 0 unspecified atom stereocenters. The highest BCUT2D eigenvalue weighted by Gasteiger charge is 2.12. The second-order valence-corrected chi connectivity index (χ2v) is 5.51. The van der Waals surface area contributed by atoms with Gasteiger partial charge in [-0.3, -0.25) is 4.79 Å². The van der Waals surface area contributed by atoms with Crippen LogP contribution in [0.3, 0.4) is 0 Å². The van der Waals surface area contributed by atoms with Crippen LogP contribution in [0.15, 0.2) is 46.9 Å². The van der Waals surface area contributed by atoms with Crippen LogP contribution in [0.25, 0.3) is 0 Å².